The highest BCUT2D eigenvalue weighted by molar-refractivity contribution is 7.89. The van der Waals surface area contributed by atoms with Crippen LogP contribution in [0.5, 0.6) is 0 Å². The van der Waals surface area contributed by atoms with Crippen LogP contribution in [-0.4, -0.2) is 31.2 Å². The van der Waals surface area contributed by atoms with Gasteiger partial charge in [-0.3, -0.25) is 4.79 Å². The molecule has 6 heteroatoms. The minimum absolute atomic E-state index is 0.156. The molecule has 0 bridgehead atoms. The fraction of sp³-hybridized carbons (Fsp3) is 0.381. The Morgan fingerprint density at radius 3 is 2.52 bits per heavy atom. The number of anilines is 1. The molecule has 27 heavy (non-hydrogen) atoms. The van der Waals surface area contributed by atoms with Crippen LogP contribution in [0.1, 0.15) is 36.8 Å². The van der Waals surface area contributed by atoms with E-state index in [2.05, 4.69) is 5.32 Å². The van der Waals surface area contributed by atoms with Gasteiger partial charge >= 0.3 is 0 Å². The number of nitrogens with one attached hydrogen (secondary N) is 1. The third-order valence-corrected chi connectivity index (χ3v) is 6.89. The van der Waals surface area contributed by atoms with E-state index in [1.165, 1.54) is 4.31 Å². The van der Waals surface area contributed by atoms with Crippen LogP contribution in [0.15, 0.2) is 53.4 Å². The van der Waals surface area contributed by atoms with Gasteiger partial charge in [-0.2, -0.15) is 4.31 Å². The summed E-state index contributed by atoms with van der Waals surface area (Å²) in [5.74, 6) is -0.156. The van der Waals surface area contributed by atoms with Crippen LogP contribution in [-0.2, 0) is 14.8 Å². The first-order chi connectivity index (χ1) is 12.9. The van der Waals surface area contributed by atoms with Gasteiger partial charge in [0.1, 0.15) is 0 Å². The van der Waals surface area contributed by atoms with E-state index in [1.54, 1.807) is 24.3 Å². The second kappa shape index (κ2) is 8.23. The molecule has 1 amide bonds. The molecule has 2 aromatic carbocycles. The maximum Gasteiger partial charge on any atom is 0.243 e. The molecule has 0 aliphatic carbocycles. The van der Waals surface area contributed by atoms with E-state index in [1.807, 2.05) is 38.1 Å². The molecule has 3 rings (SSSR count). The molecule has 1 N–H and O–H groups in total. The van der Waals surface area contributed by atoms with Crippen molar-refractivity contribution in [3.63, 3.8) is 0 Å². The molecule has 1 fully saturated rings. The number of carbonyl (C=O) groups excluding carboxylic acids is 1. The summed E-state index contributed by atoms with van der Waals surface area (Å²) < 4.78 is 27.7. The highest BCUT2D eigenvalue weighted by Gasteiger charge is 2.34. The van der Waals surface area contributed by atoms with Crippen molar-refractivity contribution in [1.29, 1.82) is 0 Å². The highest BCUT2D eigenvalue weighted by Crippen LogP contribution is 2.27. The molecular weight excluding hydrogens is 360 g/mol. The predicted molar refractivity (Wildman–Crippen MR) is 107 cm³/mol. The molecule has 1 saturated heterocycles. The Hall–Kier alpha value is -2.18. The Kier molecular flexibility index (Phi) is 5.97. The highest BCUT2D eigenvalue weighted by atomic mass is 32.2. The van der Waals surface area contributed by atoms with Crippen molar-refractivity contribution in [2.75, 3.05) is 11.9 Å². The van der Waals surface area contributed by atoms with Gasteiger partial charge in [0.25, 0.3) is 0 Å². The van der Waals surface area contributed by atoms with Gasteiger partial charge in [-0.15, -0.1) is 0 Å². The molecule has 1 atom stereocenters. The third-order valence-electron chi connectivity index (χ3n) is 4.92. The van der Waals surface area contributed by atoms with Gasteiger partial charge in [-0.05, 0) is 56.5 Å². The number of amides is 1. The lowest BCUT2D eigenvalue weighted by molar-refractivity contribution is -0.117. The molecule has 1 heterocycles. The predicted octanol–water partition coefficient (Wildman–Crippen LogP) is 3.88. The lowest BCUT2D eigenvalue weighted by Gasteiger charge is -2.34. The number of carbonyl (C=O) groups is 1. The Labute approximate surface area is 161 Å². The van der Waals surface area contributed by atoms with E-state index >= 15 is 0 Å². The summed E-state index contributed by atoms with van der Waals surface area (Å²) >= 11 is 0. The van der Waals surface area contributed by atoms with E-state index in [0.29, 0.717) is 17.9 Å². The maximum absolute atomic E-state index is 13.1. The molecule has 0 radical (unpaired) electrons. The first kappa shape index (κ1) is 19.6. The average molecular weight is 387 g/mol. The van der Waals surface area contributed by atoms with Crippen molar-refractivity contribution < 1.29 is 13.2 Å². The zero-order valence-electron chi connectivity index (χ0n) is 15.8. The monoisotopic (exact) mass is 386 g/mol. The maximum atomic E-state index is 13.1. The Morgan fingerprint density at radius 2 is 1.81 bits per heavy atom. The molecule has 0 aromatic heterocycles. The van der Waals surface area contributed by atoms with Crippen molar-refractivity contribution in [2.45, 2.75) is 50.5 Å². The normalized spacial score (nSPS) is 18.2. The van der Waals surface area contributed by atoms with Crippen LogP contribution in [0.2, 0.25) is 0 Å². The molecule has 144 valence electrons. The molecule has 0 spiro atoms. The first-order valence-corrected chi connectivity index (χ1v) is 10.8. The number of aryl methyl sites for hydroxylation is 2. The fourth-order valence-electron chi connectivity index (χ4n) is 3.49. The Bertz CT molecular complexity index is 907. The lowest BCUT2D eigenvalue weighted by atomic mass is 10.0. The van der Waals surface area contributed by atoms with Crippen LogP contribution in [0, 0.1) is 13.8 Å². The topological polar surface area (TPSA) is 66.5 Å². The summed E-state index contributed by atoms with van der Waals surface area (Å²) in [5.41, 5.74) is 2.82. The van der Waals surface area contributed by atoms with Crippen LogP contribution >= 0.6 is 0 Å². The molecule has 1 aliphatic heterocycles. The SMILES string of the molecule is Cc1ccc(S(=O)(=O)N2CCCCC2CC(=O)Nc2cccc(C)c2)cc1. The summed E-state index contributed by atoms with van der Waals surface area (Å²) in [7, 11) is -3.60. The van der Waals surface area contributed by atoms with Crippen molar-refractivity contribution in [3.8, 4) is 0 Å². The molecule has 1 aliphatic rings. The van der Waals surface area contributed by atoms with Crippen molar-refractivity contribution in [3.05, 3.63) is 59.7 Å². The standard InChI is InChI=1S/C21H26N2O3S/c1-16-9-11-20(12-10-16)27(25,26)23-13-4-3-8-19(23)15-21(24)22-18-7-5-6-17(2)14-18/h5-7,9-12,14,19H,3-4,8,13,15H2,1-2H3,(H,22,24). The number of nitrogens with zero attached hydrogens (tertiary/aromatic N) is 1. The summed E-state index contributed by atoms with van der Waals surface area (Å²) in [4.78, 5) is 12.8. The van der Waals surface area contributed by atoms with Gasteiger partial charge in [-0.25, -0.2) is 8.42 Å². The quantitative estimate of drug-likeness (QED) is 0.848. The average Bonchev–Trinajstić information content (AvgIpc) is 2.62. The molecule has 2 aromatic rings. The van der Waals surface area contributed by atoms with Crippen LogP contribution in [0.4, 0.5) is 5.69 Å². The number of benzene rings is 2. The minimum Gasteiger partial charge on any atom is -0.326 e. The second-order valence-electron chi connectivity index (χ2n) is 7.20. The van der Waals surface area contributed by atoms with Crippen molar-refractivity contribution in [1.82, 2.24) is 4.31 Å². The summed E-state index contributed by atoms with van der Waals surface area (Å²) in [6, 6.07) is 14.2. The van der Waals surface area contributed by atoms with E-state index in [4.69, 9.17) is 0 Å². The number of hydrogen-bond acceptors (Lipinski definition) is 3. The summed E-state index contributed by atoms with van der Waals surface area (Å²) in [6.45, 7) is 4.35. The fourth-order valence-corrected chi connectivity index (χ4v) is 5.18. The molecule has 0 saturated carbocycles. The largest absolute Gasteiger partial charge is 0.326 e. The number of piperidine rings is 1. The van der Waals surface area contributed by atoms with Gasteiger partial charge in [-0.1, -0.05) is 36.2 Å². The third kappa shape index (κ3) is 4.76. The zero-order chi connectivity index (χ0) is 19.4. The summed E-state index contributed by atoms with van der Waals surface area (Å²) in [5, 5.41) is 2.89. The zero-order valence-corrected chi connectivity index (χ0v) is 16.6. The van der Waals surface area contributed by atoms with Gasteiger partial charge in [0.05, 0.1) is 4.90 Å². The summed E-state index contributed by atoms with van der Waals surface area (Å²) in [6.07, 6.45) is 2.62. The van der Waals surface area contributed by atoms with Gasteiger partial charge in [0.15, 0.2) is 0 Å². The van der Waals surface area contributed by atoms with Crippen molar-refractivity contribution >= 4 is 21.6 Å². The van der Waals surface area contributed by atoms with E-state index < -0.39 is 10.0 Å². The molecule has 1 unspecified atom stereocenters. The Balaban J connectivity index is 1.75. The number of rotatable bonds is 5. The van der Waals surface area contributed by atoms with E-state index in [0.717, 1.165) is 29.7 Å². The van der Waals surface area contributed by atoms with Gasteiger partial charge in [0, 0.05) is 24.7 Å². The van der Waals surface area contributed by atoms with Crippen LogP contribution < -0.4 is 5.32 Å². The van der Waals surface area contributed by atoms with Gasteiger partial charge in [0.2, 0.25) is 15.9 Å². The molecular formula is C21H26N2O3S. The molecule has 5 nitrogen and oxygen atoms in total. The van der Waals surface area contributed by atoms with E-state index in [9.17, 15) is 13.2 Å². The van der Waals surface area contributed by atoms with Gasteiger partial charge < -0.3 is 5.32 Å². The van der Waals surface area contributed by atoms with Crippen LogP contribution in [0.25, 0.3) is 0 Å². The van der Waals surface area contributed by atoms with Crippen LogP contribution in [0.3, 0.4) is 0 Å². The lowest BCUT2D eigenvalue weighted by Crippen LogP contribution is -2.45. The Morgan fingerprint density at radius 1 is 1.07 bits per heavy atom. The second-order valence-corrected chi connectivity index (χ2v) is 9.09. The number of sulfonamides is 1. The number of hydrogen-bond donors (Lipinski definition) is 1. The smallest absolute Gasteiger partial charge is 0.243 e. The minimum atomic E-state index is -3.60. The van der Waals surface area contributed by atoms with Crippen molar-refractivity contribution in [2.24, 2.45) is 0 Å². The first-order valence-electron chi connectivity index (χ1n) is 9.31. The van der Waals surface area contributed by atoms with E-state index in [-0.39, 0.29) is 18.4 Å².